The Morgan fingerprint density at radius 1 is 1.21 bits per heavy atom. The highest BCUT2D eigenvalue weighted by Gasteiger charge is 2.29. The molecule has 0 saturated carbocycles. The Bertz CT molecular complexity index is 704. The fourth-order valence-electron chi connectivity index (χ4n) is 2.41. The van der Waals surface area contributed by atoms with Crippen LogP contribution in [0.4, 0.5) is 9.59 Å². The number of rotatable bonds is 9. The van der Waals surface area contributed by atoms with Crippen molar-refractivity contribution < 1.29 is 29.0 Å². The van der Waals surface area contributed by atoms with E-state index in [1.54, 1.807) is 45.0 Å². The molecule has 0 radical (unpaired) electrons. The standard InChI is InChI=1S/C20H29ClN2O6/c1-20(2,3)29-19(27)23(4)16(17(24)25)11-7-8-12-22-18(26)28-13-14-9-5-6-10-15(14)21/h5-6,9-10,16H,7-8,11-13H2,1-4H3,(H,22,26)(H,24,25). The number of carboxylic acids is 1. The maximum atomic E-state index is 12.1. The molecule has 1 aromatic rings. The van der Waals surface area contributed by atoms with Crippen LogP contribution in [-0.4, -0.2) is 53.4 Å². The Morgan fingerprint density at radius 3 is 2.45 bits per heavy atom. The second-order valence-corrected chi connectivity index (χ2v) is 7.94. The molecule has 2 amide bonds. The molecule has 0 spiro atoms. The van der Waals surface area contributed by atoms with Crippen LogP contribution in [0.25, 0.3) is 0 Å². The van der Waals surface area contributed by atoms with Crippen molar-refractivity contribution in [2.45, 2.75) is 58.3 Å². The smallest absolute Gasteiger partial charge is 0.410 e. The topological polar surface area (TPSA) is 105 Å². The third kappa shape index (κ3) is 9.51. The summed E-state index contributed by atoms with van der Waals surface area (Å²) in [4.78, 5) is 36.3. The van der Waals surface area contributed by atoms with Gasteiger partial charge in [-0.2, -0.15) is 0 Å². The van der Waals surface area contributed by atoms with E-state index in [1.165, 1.54) is 7.05 Å². The summed E-state index contributed by atoms with van der Waals surface area (Å²) in [5.41, 5.74) is 0.00152. The van der Waals surface area contributed by atoms with Crippen molar-refractivity contribution in [1.82, 2.24) is 10.2 Å². The molecule has 0 aliphatic heterocycles. The van der Waals surface area contributed by atoms with Gasteiger partial charge in [-0.3, -0.25) is 4.90 Å². The fourth-order valence-corrected chi connectivity index (χ4v) is 2.60. The van der Waals surface area contributed by atoms with Crippen LogP contribution in [0.5, 0.6) is 0 Å². The largest absolute Gasteiger partial charge is 0.480 e. The molecule has 8 nitrogen and oxygen atoms in total. The molecule has 162 valence electrons. The van der Waals surface area contributed by atoms with E-state index in [4.69, 9.17) is 21.1 Å². The number of nitrogens with zero attached hydrogens (tertiary/aromatic N) is 1. The van der Waals surface area contributed by atoms with Gasteiger partial charge in [0.15, 0.2) is 0 Å². The number of amides is 2. The lowest BCUT2D eigenvalue weighted by Crippen LogP contribution is -2.44. The van der Waals surface area contributed by atoms with Gasteiger partial charge in [-0.15, -0.1) is 0 Å². The third-order valence-electron chi connectivity index (χ3n) is 3.92. The van der Waals surface area contributed by atoms with Crippen LogP contribution in [-0.2, 0) is 20.9 Å². The van der Waals surface area contributed by atoms with Gasteiger partial charge < -0.3 is 19.9 Å². The number of unbranched alkanes of at least 4 members (excludes halogenated alkanes) is 1. The van der Waals surface area contributed by atoms with Crippen molar-refractivity contribution in [2.75, 3.05) is 13.6 Å². The normalized spacial score (nSPS) is 12.0. The minimum atomic E-state index is -1.11. The van der Waals surface area contributed by atoms with Crippen LogP contribution in [0.1, 0.15) is 45.6 Å². The summed E-state index contributed by atoms with van der Waals surface area (Å²) in [7, 11) is 1.40. The fraction of sp³-hybridized carbons (Fsp3) is 0.550. The number of carboxylic acid groups (broad SMARTS) is 1. The molecule has 1 rings (SSSR count). The molecule has 0 aliphatic rings. The Balaban J connectivity index is 2.33. The lowest BCUT2D eigenvalue weighted by atomic mass is 10.1. The molecule has 1 unspecified atom stereocenters. The number of alkyl carbamates (subject to hydrolysis) is 1. The Kier molecular flexibility index (Phi) is 9.74. The molecular weight excluding hydrogens is 400 g/mol. The molecular formula is C20H29ClN2O6. The number of aliphatic carboxylic acids is 1. The van der Waals surface area contributed by atoms with Crippen molar-refractivity contribution in [3.8, 4) is 0 Å². The number of benzene rings is 1. The van der Waals surface area contributed by atoms with E-state index in [9.17, 15) is 19.5 Å². The van der Waals surface area contributed by atoms with Crippen LogP contribution in [0.2, 0.25) is 5.02 Å². The molecule has 0 heterocycles. The van der Waals surface area contributed by atoms with Gasteiger partial charge in [0.25, 0.3) is 0 Å². The predicted molar refractivity (Wildman–Crippen MR) is 109 cm³/mol. The maximum Gasteiger partial charge on any atom is 0.410 e. The predicted octanol–water partition coefficient (Wildman–Crippen LogP) is 4.06. The first kappa shape index (κ1) is 24.6. The minimum Gasteiger partial charge on any atom is -0.480 e. The van der Waals surface area contributed by atoms with Crippen LogP contribution < -0.4 is 5.32 Å². The molecule has 0 aliphatic carbocycles. The molecule has 1 aromatic carbocycles. The summed E-state index contributed by atoms with van der Waals surface area (Å²) in [6.45, 7) is 5.53. The van der Waals surface area contributed by atoms with E-state index in [-0.39, 0.29) is 13.0 Å². The van der Waals surface area contributed by atoms with Gasteiger partial charge >= 0.3 is 18.2 Å². The Labute approximate surface area is 176 Å². The van der Waals surface area contributed by atoms with Gasteiger partial charge in [0.2, 0.25) is 0 Å². The van der Waals surface area contributed by atoms with E-state index in [2.05, 4.69) is 5.32 Å². The number of likely N-dealkylation sites (N-methyl/N-ethyl adjacent to an activating group) is 1. The van der Waals surface area contributed by atoms with Crippen molar-refractivity contribution in [1.29, 1.82) is 0 Å². The lowest BCUT2D eigenvalue weighted by molar-refractivity contribution is -0.143. The summed E-state index contributed by atoms with van der Waals surface area (Å²) < 4.78 is 10.3. The Hall–Kier alpha value is -2.48. The van der Waals surface area contributed by atoms with Crippen LogP contribution in [0, 0.1) is 0 Å². The first-order valence-corrected chi connectivity index (χ1v) is 9.71. The number of carbonyl (C=O) groups excluding carboxylic acids is 2. The molecule has 0 fully saturated rings. The van der Waals surface area contributed by atoms with Crippen LogP contribution >= 0.6 is 11.6 Å². The SMILES string of the molecule is CN(C(=O)OC(C)(C)C)C(CCCCNC(=O)OCc1ccccc1Cl)C(=O)O. The van der Waals surface area contributed by atoms with Crippen molar-refractivity contribution in [2.24, 2.45) is 0 Å². The monoisotopic (exact) mass is 428 g/mol. The number of nitrogens with one attached hydrogen (secondary N) is 1. The van der Waals surface area contributed by atoms with Crippen molar-refractivity contribution in [3.05, 3.63) is 34.9 Å². The zero-order valence-electron chi connectivity index (χ0n) is 17.2. The maximum absolute atomic E-state index is 12.1. The summed E-state index contributed by atoms with van der Waals surface area (Å²) in [6, 6.07) is 6.07. The second-order valence-electron chi connectivity index (χ2n) is 7.54. The van der Waals surface area contributed by atoms with E-state index < -0.39 is 29.8 Å². The highest BCUT2D eigenvalue weighted by atomic mass is 35.5. The number of hydrogen-bond acceptors (Lipinski definition) is 5. The van der Waals surface area contributed by atoms with E-state index in [1.807, 2.05) is 0 Å². The van der Waals surface area contributed by atoms with Gasteiger partial charge in [0.1, 0.15) is 18.2 Å². The average Bonchev–Trinajstić information content (AvgIpc) is 2.61. The van der Waals surface area contributed by atoms with E-state index in [0.29, 0.717) is 30.0 Å². The quantitative estimate of drug-likeness (QED) is 0.574. The summed E-state index contributed by atoms with van der Waals surface area (Å²) in [5, 5.41) is 12.5. The number of halogens is 1. The summed E-state index contributed by atoms with van der Waals surface area (Å²) in [5.74, 6) is -1.11. The van der Waals surface area contributed by atoms with Crippen molar-refractivity contribution in [3.63, 3.8) is 0 Å². The molecule has 0 bridgehead atoms. The van der Waals surface area contributed by atoms with Gasteiger partial charge in [-0.05, 0) is 46.1 Å². The summed E-state index contributed by atoms with van der Waals surface area (Å²) in [6.07, 6.45) is 0.000423. The number of ether oxygens (including phenoxy) is 2. The van der Waals surface area contributed by atoms with Crippen LogP contribution in [0.3, 0.4) is 0 Å². The zero-order valence-corrected chi connectivity index (χ0v) is 18.0. The zero-order chi connectivity index (χ0) is 22.0. The van der Waals surface area contributed by atoms with Gasteiger partial charge in [-0.25, -0.2) is 14.4 Å². The Morgan fingerprint density at radius 2 is 1.86 bits per heavy atom. The highest BCUT2D eigenvalue weighted by molar-refractivity contribution is 6.31. The second kappa shape index (κ2) is 11.5. The van der Waals surface area contributed by atoms with E-state index >= 15 is 0 Å². The molecule has 1 atom stereocenters. The van der Waals surface area contributed by atoms with Crippen molar-refractivity contribution >= 4 is 29.8 Å². The lowest BCUT2D eigenvalue weighted by Gasteiger charge is -2.28. The molecule has 29 heavy (non-hydrogen) atoms. The molecule has 2 N–H and O–H groups in total. The van der Waals surface area contributed by atoms with Gasteiger partial charge in [0.05, 0.1) is 0 Å². The van der Waals surface area contributed by atoms with Crippen LogP contribution in [0.15, 0.2) is 24.3 Å². The first-order valence-electron chi connectivity index (χ1n) is 9.34. The molecule has 0 aromatic heterocycles. The highest BCUT2D eigenvalue weighted by Crippen LogP contribution is 2.16. The van der Waals surface area contributed by atoms with Gasteiger partial charge in [-0.1, -0.05) is 29.8 Å². The molecule has 9 heteroatoms. The number of hydrogen-bond donors (Lipinski definition) is 2. The average molecular weight is 429 g/mol. The minimum absolute atomic E-state index is 0.0628. The third-order valence-corrected chi connectivity index (χ3v) is 4.29. The first-order chi connectivity index (χ1) is 13.5. The van der Waals surface area contributed by atoms with Gasteiger partial charge in [0, 0.05) is 24.2 Å². The number of carbonyl (C=O) groups is 3. The van der Waals surface area contributed by atoms with E-state index in [0.717, 1.165) is 4.90 Å². The molecule has 0 saturated heterocycles. The summed E-state index contributed by atoms with van der Waals surface area (Å²) >= 11 is 5.99.